The first-order valence-corrected chi connectivity index (χ1v) is 5.39. The summed E-state index contributed by atoms with van der Waals surface area (Å²) in [6.07, 6.45) is -4.72. The standard InChI is InChI=1S/C14H10F3O2/c1-10-5-2-3-8-13(10)18-11-6-4-7-12(9-11)19-14(15,16)17/h2-9H,1H2. The van der Waals surface area contributed by atoms with E-state index in [4.69, 9.17) is 4.74 Å². The Labute approximate surface area is 108 Å². The molecule has 0 unspecified atom stereocenters. The fourth-order valence-electron chi connectivity index (χ4n) is 1.47. The van der Waals surface area contributed by atoms with Gasteiger partial charge in [0.15, 0.2) is 0 Å². The predicted octanol–water partition coefficient (Wildman–Crippen LogP) is 4.56. The van der Waals surface area contributed by atoms with Crippen molar-refractivity contribution in [3.8, 4) is 17.2 Å². The first kappa shape index (κ1) is 13.3. The van der Waals surface area contributed by atoms with Crippen LogP contribution in [-0.2, 0) is 0 Å². The molecule has 0 N–H and O–H groups in total. The molecule has 0 heterocycles. The van der Waals surface area contributed by atoms with E-state index < -0.39 is 6.36 Å². The zero-order chi connectivity index (χ0) is 13.9. The topological polar surface area (TPSA) is 18.5 Å². The molecule has 0 fully saturated rings. The lowest BCUT2D eigenvalue weighted by Crippen LogP contribution is -2.17. The third-order valence-corrected chi connectivity index (χ3v) is 2.24. The number of benzene rings is 2. The van der Waals surface area contributed by atoms with Crippen LogP contribution < -0.4 is 9.47 Å². The molecule has 0 aliphatic heterocycles. The smallest absolute Gasteiger partial charge is 0.457 e. The van der Waals surface area contributed by atoms with Crippen molar-refractivity contribution in [1.29, 1.82) is 0 Å². The quantitative estimate of drug-likeness (QED) is 0.811. The van der Waals surface area contributed by atoms with Crippen molar-refractivity contribution in [2.75, 3.05) is 0 Å². The molecule has 0 aliphatic rings. The Balaban J connectivity index is 2.18. The van der Waals surface area contributed by atoms with Gasteiger partial charge in [-0.05, 0) is 30.7 Å². The normalized spacial score (nSPS) is 11.2. The molecule has 5 heteroatoms. The monoisotopic (exact) mass is 267 g/mol. The van der Waals surface area contributed by atoms with Crippen molar-refractivity contribution in [1.82, 2.24) is 0 Å². The molecule has 1 radical (unpaired) electrons. The van der Waals surface area contributed by atoms with E-state index in [0.717, 1.165) is 0 Å². The van der Waals surface area contributed by atoms with Crippen molar-refractivity contribution >= 4 is 0 Å². The van der Waals surface area contributed by atoms with Gasteiger partial charge in [0.25, 0.3) is 0 Å². The summed E-state index contributed by atoms with van der Waals surface area (Å²) in [6, 6.07) is 12.3. The van der Waals surface area contributed by atoms with E-state index in [-0.39, 0.29) is 11.5 Å². The van der Waals surface area contributed by atoms with Crippen LogP contribution in [0.25, 0.3) is 0 Å². The third-order valence-electron chi connectivity index (χ3n) is 2.24. The lowest BCUT2D eigenvalue weighted by atomic mass is 10.2. The zero-order valence-corrected chi connectivity index (χ0v) is 9.78. The van der Waals surface area contributed by atoms with Gasteiger partial charge in [-0.1, -0.05) is 24.3 Å². The van der Waals surface area contributed by atoms with Gasteiger partial charge in [-0.2, -0.15) is 0 Å². The predicted molar refractivity (Wildman–Crippen MR) is 64.1 cm³/mol. The minimum absolute atomic E-state index is 0.248. The SMILES string of the molecule is [CH2]c1ccccc1Oc1cccc(OC(F)(F)F)c1. The number of alkyl halides is 3. The molecule has 0 saturated heterocycles. The molecule has 99 valence electrons. The highest BCUT2D eigenvalue weighted by Crippen LogP contribution is 2.29. The molecule has 2 nitrogen and oxygen atoms in total. The number of ether oxygens (including phenoxy) is 2. The Bertz CT molecular complexity index is 565. The summed E-state index contributed by atoms with van der Waals surface area (Å²) in [4.78, 5) is 0. The van der Waals surface area contributed by atoms with E-state index in [1.807, 2.05) is 0 Å². The van der Waals surface area contributed by atoms with Crippen molar-refractivity contribution in [2.45, 2.75) is 6.36 Å². The molecule has 19 heavy (non-hydrogen) atoms. The maximum atomic E-state index is 12.1. The van der Waals surface area contributed by atoms with E-state index in [0.29, 0.717) is 11.3 Å². The van der Waals surface area contributed by atoms with Crippen molar-refractivity contribution in [3.63, 3.8) is 0 Å². The number of hydrogen-bond acceptors (Lipinski definition) is 2. The van der Waals surface area contributed by atoms with E-state index in [1.165, 1.54) is 24.3 Å². The van der Waals surface area contributed by atoms with Crippen LogP contribution in [0, 0.1) is 6.92 Å². The van der Waals surface area contributed by atoms with Gasteiger partial charge in [0, 0.05) is 6.07 Å². The molecule has 0 atom stereocenters. The molecule has 0 aromatic heterocycles. The summed E-state index contributed by atoms with van der Waals surface area (Å²) in [5, 5.41) is 0. The highest BCUT2D eigenvalue weighted by molar-refractivity contribution is 5.41. The van der Waals surface area contributed by atoms with Gasteiger partial charge in [0.05, 0.1) is 0 Å². The van der Waals surface area contributed by atoms with Crippen molar-refractivity contribution < 1.29 is 22.6 Å². The van der Waals surface area contributed by atoms with Gasteiger partial charge >= 0.3 is 6.36 Å². The largest absolute Gasteiger partial charge is 0.573 e. The lowest BCUT2D eigenvalue weighted by molar-refractivity contribution is -0.274. The molecule has 0 amide bonds. The molecular formula is C14H10F3O2. The summed E-state index contributed by atoms with van der Waals surface area (Å²) in [6.45, 7) is 3.76. The minimum Gasteiger partial charge on any atom is -0.457 e. The average molecular weight is 267 g/mol. The van der Waals surface area contributed by atoms with E-state index in [2.05, 4.69) is 11.7 Å². The van der Waals surface area contributed by atoms with Crippen LogP contribution in [0.4, 0.5) is 13.2 Å². The number of para-hydroxylation sites is 1. The Morgan fingerprint density at radius 3 is 2.26 bits per heavy atom. The second-order valence-electron chi connectivity index (χ2n) is 3.73. The fraction of sp³-hybridized carbons (Fsp3) is 0.0714. The molecule has 0 spiro atoms. The van der Waals surface area contributed by atoms with E-state index >= 15 is 0 Å². The van der Waals surface area contributed by atoms with Crippen LogP contribution in [0.1, 0.15) is 5.56 Å². The Morgan fingerprint density at radius 1 is 0.895 bits per heavy atom. The van der Waals surface area contributed by atoms with Crippen molar-refractivity contribution in [3.05, 3.63) is 61.0 Å². The zero-order valence-electron chi connectivity index (χ0n) is 9.78. The molecule has 0 bridgehead atoms. The molecule has 2 aromatic rings. The number of hydrogen-bond donors (Lipinski definition) is 0. The van der Waals surface area contributed by atoms with Crippen LogP contribution in [0.5, 0.6) is 17.2 Å². The summed E-state index contributed by atoms with van der Waals surface area (Å²) >= 11 is 0. The molecule has 2 rings (SSSR count). The molecule has 0 saturated carbocycles. The first-order valence-electron chi connectivity index (χ1n) is 5.39. The van der Waals surface area contributed by atoms with Crippen LogP contribution in [-0.4, -0.2) is 6.36 Å². The van der Waals surface area contributed by atoms with Crippen LogP contribution in [0.3, 0.4) is 0 Å². The Hall–Kier alpha value is -2.17. The third kappa shape index (κ3) is 3.91. The van der Waals surface area contributed by atoms with Gasteiger partial charge < -0.3 is 9.47 Å². The summed E-state index contributed by atoms with van der Waals surface area (Å²) in [7, 11) is 0. The highest BCUT2D eigenvalue weighted by Gasteiger charge is 2.31. The fourth-order valence-corrected chi connectivity index (χ4v) is 1.47. The second-order valence-corrected chi connectivity index (χ2v) is 3.73. The van der Waals surface area contributed by atoms with Crippen LogP contribution in [0.2, 0.25) is 0 Å². The lowest BCUT2D eigenvalue weighted by Gasteiger charge is -2.11. The Kier molecular flexibility index (Phi) is 3.64. The number of halogens is 3. The summed E-state index contributed by atoms with van der Waals surface area (Å²) in [5.74, 6) is 0.399. The summed E-state index contributed by atoms with van der Waals surface area (Å²) < 4.78 is 45.5. The maximum Gasteiger partial charge on any atom is 0.573 e. The second kappa shape index (κ2) is 5.22. The van der Waals surface area contributed by atoms with Gasteiger partial charge in [-0.25, -0.2) is 0 Å². The van der Waals surface area contributed by atoms with Gasteiger partial charge in [0.1, 0.15) is 17.2 Å². The van der Waals surface area contributed by atoms with Gasteiger partial charge in [-0.15, -0.1) is 13.2 Å². The molecular weight excluding hydrogens is 257 g/mol. The summed E-state index contributed by atoms with van der Waals surface area (Å²) in [5.41, 5.74) is 0.643. The minimum atomic E-state index is -4.72. The highest BCUT2D eigenvalue weighted by atomic mass is 19.4. The average Bonchev–Trinajstić information content (AvgIpc) is 2.30. The first-order chi connectivity index (χ1) is 8.94. The number of rotatable bonds is 3. The van der Waals surface area contributed by atoms with Gasteiger partial charge in [-0.3, -0.25) is 0 Å². The van der Waals surface area contributed by atoms with E-state index in [1.54, 1.807) is 24.3 Å². The van der Waals surface area contributed by atoms with Crippen LogP contribution >= 0.6 is 0 Å². The van der Waals surface area contributed by atoms with Gasteiger partial charge in [0.2, 0.25) is 0 Å². The molecule has 0 aliphatic carbocycles. The van der Waals surface area contributed by atoms with E-state index in [9.17, 15) is 13.2 Å². The van der Waals surface area contributed by atoms with Crippen LogP contribution in [0.15, 0.2) is 48.5 Å². The Morgan fingerprint density at radius 2 is 1.58 bits per heavy atom. The van der Waals surface area contributed by atoms with Crippen molar-refractivity contribution in [2.24, 2.45) is 0 Å². The maximum absolute atomic E-state index is 12.1. The molecule has 2 aromatic carbocycles.